The summed E-state index contributed by atoms with van der Waals surface area (Å²) in [6.07, 6.45) is 0.684. The van der Waals surface area contributed by atoms with Gasteiger partial charge in [-0.05, 0) is 18.6 Å². The van der Waals surface area contributed by atoms with E-state index in [1.807, 2.05) is 6.92 Å². The molecule has 0 unspecified atom stereocenters. The van der Waals surface area contributed by atoms with Crippen LogP contribution in [0.3, 0.4) is 0 Å². The number of carboxylic acids is 1. The van der Waals surface area contributed by atoms with Crippen LogP contribution >= 0.6 is 11.6 Å². The van der Waals surface area contributed by atoms with Crippen molar-refractivity contribution in [2.75, 3.05) is 18.4 Å². The molecule has 0 aliphatic heterocycles. The Labute approximate surface area is 110 Å². The number of amides is 2. The third-order valence-corrected chi connectivity index (χ3v) is 2.55. The number of halogens is 1. The van der Waals surface area contributed by atoms with Gasteiger partial charge in [-0.2, -0.15) is 0 Å². The molecular formula is C12H15ClN2O3. The summed E-state index contributed by atoms with van der Waals surface area (Å²) in [5.74, 6) is -1.04. The van der Waals surface area contributed by atoms with Gasteiger partial charge >= 0.3 is 12.0 Å². The predicted octanol–water partition coefficient (Wildman–Crippen LogP) is 2.67. The first-order valence-electron chi connectivity index (χ1n) is 5.56. The number of anilines is 1. The maximum absolute atomic E-state index is 11.9. The van der Waals surface area contributed by atoms with Crippen molar-refractivity contribution in [2.45, 2.75) is 13.3 Å². The molecule has 0 radical (unpaired) electrons. The highest BCUT2D eigenvalue weighted by atomic mass is 35.5. The first kappa shape index (κ1) is 14.3. The largest absolute Gasteiger partial charge is 0.480 e. The number of aliphatic carboxylic acids is 1. The van der Waals surface area contributed by atoms with Gasteiger partial charge in [0.15, 0.2) is 0 Å². The Morgan fingerprint density at radius 3 is 2.61 bits per heavy atom. The number of carbonyl (C=O) groups is 2. The number of hydrogen-bond donors (Lipinski definition) is 2. The highest BCUT2D eigenvalue weighted by Gasteiger charge is 2.16. The van der Waals surface area contributed by atoms with Crippen LogP contribution in [0.1, 0.15) is 13.3 Å². The molecule has 0 heterocycles. The lowest BCUT2D eigenvalue weighted by molar-refractivity contribution is -0.137. The van der Waals surface area contributed by atoms with Crippen LogP contribution in [0.5, 0.6) is 0 Å². The minimum atomic E-state index is -1.04. The molecule has 0 atom stereocenters. The van der Waals surface area contributed by atoms with Gasteiger partial charge in [-0.25, -0.2) is 4.79 Å². The minimum Gasteiger partial charge on any atom is -0.480 e. The normalized spacial score (nSPS) is 9.89. The van der Waals surface area contributed by atoms with Gasteiger partial charge in [-0.1, -0.05) is 30.7 Å². The summed E-state index contributed by atoms with van der Waals surface area (Å²) in [4.78, 5) is 23.8. The number of nitrogens with one attached hydrogen (secondary N) is 1. The van der Waals surface area contributed by atoms with E-state index in [0.717, 1.165) is 0 Å². The predicted molar refractivity (Wildman–Crippen MR) is 70.0 cm³/mol. The molecule has 0 aromatic heterocycles. The van der Waals surface area contributed by atoms with E-state index in [0.29, 0.717) is 23.7 Å². The van der Waals surface area contributed by atoms with Gasteiger partial charge in [-0.15, -0.1) is 0 Å². The number of hydrogen-bond acceptors (Lipinski definition) is 2. The number of carboxylic acid groups (broad SMARTS) is 1. The minimum absolute atomic E-state index is 0.329. The first-order chi connectivity index (χ1) is 8.54. The van der Waals surface area contributed by atoms with Crippen molar-refractivity contribution in [1.82, 2.24) is 4.90 Å². The van der Waals surface area contributed by atoms with Crippen LogP contribution in [-0.2, 0) is 4.79 Å². The maximum Gasteiger partial charge on any atom is 0.323 e. The fourth-order valence-electron chi connectivity index (χ4n) is 1.44. The van der Waals surface area contributed by atoms with E-state index in [1.54, 1.807) is 24.3 Å². The summed E-state index contributed by atoms with van der Waals surface area (Å²) in [7, 11) is 0. The Hall–Kier alpha value is -1.75. The topological polar surface area (TPSA) is 69.6 Å². The van der Waals surface area contributed by atoms with Crippen LogP contribution in [0.2, 0.25) is 5.02 Å². The van der Waals surface area contributed by atoms with Crippen molar-refractivity contribution in [3.05, 3.63) is 29.3 Å². The van der Waals surface area contributed by atoms with Crippen LogP contribution in [0.15, 0.2) is 24.3 Å². The molecule has 98 valence electrons. The summed E-state index contributed by atoms with van der Waals surface area (Å²) in [5, 5.41) is 11.7. The average molecular weight is 271 g/mol. The molecule has 2 amide bonds. The van der Waals surface area contributed by atoms with Crippen molar-refractivity contribution in [2.24, 2.45) is 0 Å². The second-order valence-corrected chi connectivity index (χ2v) is 4.13. The fourth-order valence-corrected chi connectivity index (χ4v) is 1.63. The molecule has 0 aliphatic rings. The second kappa shape index (κ2) is 6.86. The third-order valence-electron chi connectivity index (χ3n) is 2.22. The Kier molecular flexibility index (Phi) is 5.45. The lowest BCUT2D eigenvalue weighted by atomic mass is 10.3. The van der Waals surface area contributed by atoms with Gasteiger partial charge in [0.05, 0.1) is 10.7 Å². The quantitative estimate of drug-likeness (QED) is 0.864. The van der Waals surface area contributed by atoms with Crippen molar-refractivity contribution < 1.29 is 14.7 Å². The maximum atomic E-state index is 11.9. The summed E-state index contributed by atoms with van der Waals surface area (Å²) in [5.41, 5.74) is 0.468. The zero-order chi connectivity index (χ0) is 13.5. The van der Waals surface area contributed by atoms with Gasteiger partial charge in [0.1, 0.15) is 6.54 Å². The van der Waals surface area contributed by atoms with Crippen LogP contribution in [0.4, 0.5) is 10.5 Å². The fraction of sp³-hybridized carbons (Fsp3) is 0.333. The van der Waals surface area contributed by atoms with Crippen LogP contribution in [0, 0.1) is 0 Å². The van der Waals surface area contributed by atoms with Gasteiger partial charge < -0.3 is 15.3 Å². The molecule has 18 heavy (non-hydrogen) atoms. The Bertz CT molecular complexity index is 437. The zero-order valence-electron chi connectivity index (χ0n) is 10.0. The Morgan fingerprint density at radius 1 is 1.39 bits per heavy atom. The van der Waals surface area contributed by atoms with E-state index in [2.05, 4.69) is 5.32 Å². The molecule has 0 saturated carbocycles. The summed E-state index contributed by atoms with van der Waals surface area (Å²) in [6.45, 7) is 1.92. The van der Waals surface area contributed by atoms with Gasteiger partial charge in [0.2, 0.25) is 0 Å². The van der Waals surface area contributed by atoms with E-state index >= 15 is 0 Å². The first-order valence-corrected chi connectivity index (χ1v) is 5.94. The number of benzene rings is 1. The van der Waals surface area contributed by atoms with Crippen LogP contribution in [0.25, 0.3) is 0 Å². The monoisotopic (exact) mass is 270 g/mol. The molecular weight excluding hydrogens is 256 g/mol. The van der Waals surface area contributed by atoms with Crippen molar-refractivity contribution in [3.8, 4) is 0 Å². The molecule has 0 saturated heterocycles. The molecule has 6 heteroatoms. The average Bonchev–Trinajstić information content (AvgIpc) is 2.31. The molecule has 0 spiro atoms. The van der Waals surface area contributed by atoms with E-state index < -0.39 is 12.0 Å². The van der Waals surface area contributed by atoms with Crippen molar-refractivity contribution >= 4 is 29.3 Å². The molecule has 0 bridgehead atoms. The highest BCUT2D eigenvalue weighted by Crippen LogP contribution is 2.20. The Morgan fingerprint density at radius 2 is 2.06 bits per heavy atom. The standard InChI is InChI=1S/C12H15ClN2O3/c1-2-7-15(8-11(16)17)12(18)14-10-6-4-3-5-9(10)13/h3-6H,2,7-8H2,1H3,(H,14,18)(H,16,17). The number of para-hydroxylation sites is 1. The summed E-state index contributed by atoms with van der Waals surface area (Å²) < 4.78 is 0. The highest BCUT2D eigenvalue weighted by molar-refractivity contribution is 6.33. The van der Waals surface area contributed by atoms with E-state index in [4.69, 9.17) is 16.7 Å². The smallest absolute Gasteiger partial charge is 0.323 e. The molecule has 5 nitrogen and oxygen atoms in total. The lowest BCUT2D eigenvalue weighted by Gasteiger charge is -2.20. The molecule has 2 N–H and O–H groups in total. The van der Waals surface area contributed by atoms with Crippen molar-refractivity contribution in [1.29, 1.82) is 0 Å². The summed E-state index contributed by atoms with van der Waals surface area (Å²) >= 11 is 5.91. The van der Waals surface area contributed by atoms with E-state index in [9.17, 15) is 9.59 Å². The number of rotatable bonds is 5. The molecule has 0 aliphatic carbocycles. The number of carbonyl (C=O) groups excluding carboxylic acids is 1. The lowest BCUT2D eigenvalue weighted by Crippen LogP contribution is -2.39. The van der Waals surface area contributed by atoms with E-state index in [1.165, 1.54) is 4.90 Å². The Balaban J connectivity index is 2.72. The molecule has 1 aromatic carbocycles. The SMILES string of the molecule is CCCN(CC(=O)O)C(=O)Nc1ccccc1Cl. The molecule has 1 rings (SSSR count). The van der Waals surface area contributed by atoms with E-state index in [-0.39, 0.29) is 6.54 Å². The molecule has 0 fully saturated rings. The van der Waals surface area contributed by atoms with Crippen LogP contribution in [-0.4, -0.2) is 35.1 Å². The van der Waals surface area contributed by atoms with Crippen molar-refractivity contribution in [3.63, 3.8) is 0 Å². The zero-order valence-corrected chi connectivity index (χ0v) is 10.8. The van der Waals surface area contributed by atoms with Crippen LogP contribution < -0.4 is 5.32 Å². The van der Waals surface area contributed by atoms with Gasteiger partial charge in [0.25, 0.3) is 0 Å². The van der Waals surface area contributed by atoms with Gasteiger partial charge in [-0.3, -0.25) is 4.79 Å². The second-order valence-electron chi connectivity index (χ2n) is 3.73. The number of nitrogens with zero attached hydrogens (tertiary/aromatic N) is 1. The van der Waals surface area contributed by atoms with Gasteiger partial charge in [0, 0.05) is 6.54 Å². The number of urea groups is 1. The summed E-state index contributed by atoms with van der Waals surface area (Å²) in [6, 6.07) is 6.33. The third kappa shape index (κ3) is 4.25. The molecule has 1 aromatic rings.